The van der Waals surface area contributed by atoms with Crippen molar-refractivity contribution in [1.29, 1.82) is 0 Å². The van der Waals surface area contributed by atoms with Crippen LogP contribution in [0.5, 0.6) is 0 Å². The molecule has 3 rings (SSSR count). The Morgan fingerprint density at radius 1 is 1.15 bits per heavy atom. The number of carbonyl (C=O) groups is 1. The zero-order chi connectivity index (χ0) is 19.2. The van der Waals surface area contributed by atoms with Crippen molar-refractivity contribution >= 4 is 17.5 Å². The molecule has 2 aromatic rings. The van der Waals surface area contributed by atoms with Crippen molar-refractivity contribution in [1.82, 2.24) is 9.97 Å². The Morgan fingerprint density at radius 2 is 1.81 bits per heavy atom. The lowest BCUT2D eigenvalue weighted by Gasteiger charge is -2.34. The maximum absolute atomic E-state index is 12.9. The summed E-state index contributed by atoms with van der Waals surface area (Å²) in [4.78, 5) is 25.0. The van der Waals surface area contributed by atoms with Crippen molar-refractivity contribution in [2.24, 2.45) is 0 Å². The van der Waals surface area contributed by atoms with Crippen LogP contribution in [-0.4, -0.2) is 48.1 Å². The molecule has 0 unspecified atom stereocenters. The average Bonchev–Trinajstić information content (AvgIpc) is 2.73. The van der Waals surface area contributed by atoms with E-state index < -0.39 is 0 Å². The van der Waals surface area contributed by atoms with Gasteiger partial charge in [0.1, 0.15) is 0 Å². The highest BCUT2D eigenvalue weighted by molar-refractivity contribution is 5.94. The summed E-state index contributed by atoms with van der Waals surface area (Å²) in [7, 11) is 0. The lowest BCUT2D eigenvalue weighted by Crippen LogP contribution is -3.19. The Kier molecular flexibility index (Phi) is 6.40. The molecule has 2 atom stereocenters. The summed E-state index contributed by atoms with van der Waals surface area (Å²) >= 11 is 0. The molecule has 0 spiro atoms. The lowest BCUT2D eigenvalue weighted by molar-refractivity contribution is -0.914. The minimum atomic E-state index is -0.0890. The van der Waals surface area contributed by atoms with Gasteiger partial charge in [-0.05, 0) is 37.0 Å². The fourth-order valence-electron chi connectivity index (χ4n) is 3.57. The van der Waals surface area contributed by atoms with Crippen LogP contribution in [0.4, 0.5) is 11.6 Å². The summed E-state index contributed by atoms with van der Waals surface area (Å²) in [5.74, 6) is 1.29. The van der Waals surface area contributed by atoms with Gasteiger partial charge in [0, 0.05) is 18.1 Å². The van der Waals surface area contributed by atoms with Crippen LogP contribution in [-0.2, 0) is 4.79 Å². The van der Waals surface area contributed by atoms with Crippen LogP contribution in [0.1, 0.15) is 38.7 Å². The molecule has 1 fully saturated rings. The third-order valence-electron chi connectivity index (χ3n) is 5.61. The van der Waals surface area contributed by atoms with Crippen LogP contribution in [0.25, 0.3) is 0 Å². The molecular formula is C21H30N5O+. The van der Waals surface area contributed by atoms with E-state index >= 15 is 0 Å². The van der Waals surface area contributed by atoms with E-state index in [9.17, 15) is 4.79 Å². The average molecular weight is 369 g/mol. The molecule has 1 saturated heterocycles. The highest BCUT2D eigenvalue weighted by atomic mass is 16.2. The number of hydrogen-bond acceptors (Lipinski definition) is 4. The van der Waals surface area contributed by atoms with E-state index in [1.165, 1.54) is 10.5 Å². The molecule has 0 saturated carbocycles. The fraction of sp³-hybridized carbons (Fsp3) is 0.476. The van der Waals surface area contributed by atoms with Crippen LogP contribution < -0.4 is 15.1 Å². The van der Waals surface area contributed by atoms with Gasteiger partial charge in [0.15, 0.2) is 6.04 Å². The van der Waals surface area contributed by atoms with Crippen LogP contribution in [0.2, 0.25) is 0 Å². The molecule has 1 aliphatic heterocycles. The van der Waals surface area contributed by atoms with E-state index in [0.29, 0.717) is 5.92 Å². The number of rotatable bonds is 6. The van der Waals surface area contributed by atoms with Gasteiger partial charge >= 0.3 is 0 Å². The number of para-hydroxylation sites is 1. The number of quaternary nitrogens is 1. The van der Waals surface area contributed by atoms with Crippen molar-refractivity contribution < 1.29 is 9.69 Å². The van der Waals surface area contributed by atoms with Gasteiger partial charge in [-0.2, -0.15) is 0 Å². The van der Waals surface area contributed by atoms with E-state index in [0.717, 1.165) is 44.2 Å². The summed E-state index contributed by atoms with van der Waals surface area (Å²) in [6.45, 7) is 9.92. The number of nitrogens with one attached hydrogen (secondary N) is 2. The number of hydrogen-bond donors (Lipinski definition) is 2. The predicted octanol–water partition coefficient (Wildman–Crippen LogP) is 1.72. The molecule has 2 N–H and O–H groups in total. The first-order valence-corrected chi connectivity index (χ1v) is 9.86. The van der Waals surface area contributed by atoms with E-state index in [4.69, 9.17) is 0 Å². The Morgan fingerprint density at radius 3 is 2.48 bits per heavy atom. The van der Waals surface area contributed by atoms with E-state index in [2.05, 4.69) is 40.1 Å². The Balaban J connectivity index is 1.59. The maximum Gasteiger partial charge on any atom is 0.282 e. The number of aromatic nitrogens is 2. The second-order valence-corrected chi connectivity index (χ2v) is 7.30. The number of piperazine rings is 1. The van der Waals surface area contributed by atoms with Gasteiger partial charge < -0.3 is 15.1 Å². The van der Waals surface area contributed by atoms with Gasteiger partial charge in [-0.1, -0.05) is 32.0 Å². The summed E-state index contributed by atoms with van der Waals surface area (Å²) in [5, 5.41) is 3.17. The third-order valence-corrected chi connectivity index (χ3v) is 5.61. The number of benzene rings is 1. The van der Waals surface area contributed by atoms with Crippen LogP contribution >= 0.6 is 0 Å². The molecule has 1 aliphatic rings. The van der Waals surface area contributed by atoms with Crippen molar-refractivity contribution in [2.45, 2.75) is 39.2 Å². The highest BCUT2D eigenvalue weighted by Crippen LogP contribution is 2.26. The SMILES string of the molecule is CC[C@@H](C)c1ccccc1NC(=O)[C@H](C)[NH+]1CCN(c2ncccn2)CC1. The number of carbonyl (C=O) groups excluding carboxylic acids is 1. The van der Waals surface area contributed by atoms with Crippen molar-refractivity contribution in [2.75, 3.05) is 36.4 Å². The summed E-state index contributed by atoms with van der Waals surface area (Å²) in [6.07, 6.45) is 4.59. The monoisotopic (exact) mass is 368 g/mol. The first-order chi connectivity index (χ1) is 13.1. The molecule has 144 valence electrons. The Hall–Kier alpha value is -2.47. The number of anilines is 2. The van der Waals surface area contributed by atoms with Gasteiger partial charge in [0.05, 0.1) is 26.2 Å². The quantitative estimate of drug-likeness (QED) is 0.815. The molecule has 1 aromatic heterocycles. The minimum absolute atomic E-state index is 0.0881. The van der Waals surface area contributed by atoms with E-state index in [1.807, 2.05) is 31.2 Å². The molecule has 6 heteroatoms. The molecule has 6 nitrogen and oxygen atoms in total. The lowest BCUT2D eigenvalue weighted by atomic mass is 9.97. The van der Waals surface area contributed by atoms with Gasteiger partial charge in [0.25, 0.3) is 5.91 Å². The normalized spacial score (nSPS) is 17.4. The molecule has 0 radical (unpaired) electrons. The predicted molar refractivity (Wildman–Crippen MR) is 108 cm³/mol. The Bertz CT molecular complexity index is 743. The second-order valence-electron chi connectivity index (χ2n) is 7.30. The second kappa shape index (κ2) is 8.95. The minimum Gasteiger partial charge on any atom is -0.330 e. The van der Waals surface area contributed by atoms with Gasteiger partial charge in [-0.3, -0.25) is 4.79 Å². The zero-order valence-electron chi connectivity index (χ0n) is 16.5. The third kappa shape index (κ3) is 4.63. The number of amides is 1. The zero-order valence-corrected chi connectivity index (χ0v) is 16.5. The summed E-state index contributed by atoms with van der Waals surface area (Å²) < 4.78 is 0. The van der Waals surface area contributed by atoms with Crippen LogP contribution in [0.15, 0.2) is 42.7 Å². The van der Waals surface area contributed by atoms with Gasteiger partial charge in [-0.25, -0.2) is 9.97 Å². The largest absolute Gasteiger partial charge is 0.330 e. The molecule has 1 aromatic carbocycles. The molecule has 1 amide bonds. The summed E-state index contributed by atoms with van der Waals surface area (Å²) in [6, 6.07) is 9.88. The van der Waals surface area contributed by atoms with Crippen LogP contribution in [0.3, 0.4) is 0 Å². The highest BCUT2D eigenvalue weighted by Gasteiger charge is 2.30. The van der Waals surface area contributed by atoms with Crippen molar-refractivity contribution in [3.8, 4) is 0 Å². The molecule has 27 heavy (non-hydrogen) atoms. The molecule has 0 aliphatic carbocycles. The topological polar surface area (TPSA) is 62.6 Å². The smallest absolute Gasteiger partial charge is 0.282 e. The standard InChI is InChI=1S/C21H29N5O/c1-4-16(2)18-8-5-6-9-19(18)24-20(27)17(3)25-12-14-26(15-13-25)21-22-10-7-11-23-21/h5-11,16-17H,4,12-15H2,1-3H3,(H,24,27)/p+1/t16-,17+/m1/s1. The summed E-state index contributed by atoms with van der Waals surface area (Å²) in [5.41, 5.74) is 2.15. The maximum atomic E-state index is 12.9. The van der Waals surface area contributed by atoms with Crippen molar-refractivity contribution in [3.05, 3.63) is 48.3 Å². The molecule has 2 heterocycles. The van der Waals surface area contributed by atoms with E-state index in [1.54, 1.807) is 12.4 Å². The van der Waals surface area contributed by atoms with Crippen LogP contribution in [0, 0.1) is 0 Å². The first-order valence-electron chi connectivity index (χ1n) is 9.86. The molecular weight excluding hydrogens is 338 g/mol. The first kappa shape index (κ1) is 19.3. The Labute approximate surface area is 161 Å². The van der Waals surface area contributed by atoms with Gasteiger partial charge in [0.2, 0.25) is 5.95 Å². The van der Waals surface area contributed by atoms with Gasteiger partial charge in [-0.15, -0.1) is 0 Å². The van der Waals surface area contributed by atoms with E-state index in [-0.39, 0.29) is 11.9 Å². The fourth-order valence-corrected chi connectivity index (χ4v) is 3.57. The number of nitrogens with zero attached hydrogens (tertiary/aromatic N) is 3. The molecule has 0 bridgehead atoms. The van der Waals surface area contributed by atoms with Crippen molar-refractivity contribution in [3.63, 3.8) is 0 Å².